The molecule has 0 unspecified atom stereocenters. The number of halogens is 1. The molecule has 3 heteroatoms. The zero-order valence-electron chi connectivity index (χ0n) is 11.1. The van der Waals surface area contributed by atoms with Gasteiger partial charge in [-0.1, -0.05) is 32.1 Å². The molecule has 1 amide bonds. The van der Waals surface area contributed by atoms with E-state index in [-0.39, 0.29) is 0 Å². The molecular weight excluding hydrogens is 234 g/mol. The Labute approximate surface area is 111 Å². The van der Waals surface area contributed by atoms with Gasteiger partial charge in [-0.25, -0.2) is 0 Å². The van der Waals surface area contributed by atoms with Crippen molar-refractivity contribution < 1.29 is 4.79 Å². The molecule has 0 aliphatic heterocycles. The van der Waals surface area contributed by atoms with Crippen molar-refractivity contribution in [1.82, 2.24) is 4.90 Å². The van der Waals surface area contributed by atoms with Crippen molar-refractivity contribution in [3.63, 3.8) is 0 Å². The summed E-state index contributed by atoms with van der Waals surface area (Å²) in [5.41, 5.74) is 0. The average molecular weight is 260 g/mol. The summed E-state index contributed by atoms with van der Waals surface area (Å²) in [6.07, 6.45) is 10.5. The lowest BCUT2D eigenvalue weighted by molar-refractivity contribution is -0.130. The summed E-state index contributed by atoms with van der Waals surface area (Å²) in [5, 5.41) is 0. The fraction of sp³-hybridized carbons (Fsp3) is 0.929. The molecule has 0 saturated heterocycles. The Morgan fingerprint density at radius 1 is 1.24 bits per heavy atom. The van der Waals surface area contributed by atoms with E-state index in [0.29, 0.717) is 5.91 Å². The van der Waals surface area contributed by atoms with Crippen molar-refractivity contribution in [3.8, 4) is 0 Å². The first kappa shape index (κ1) is 14.8. The van der Waals surface area contributed by atoms with Gasteiger partial charge in [0.05, 0.1) is 0 Å². The van der Waals surface area contributed by atoms with Gasteiger partial charge in [0.2, 0.25) is 5.91 Å². The van der Waals surface area contributed by atoms with E-state index in [1.807, 2.05) is 11.9 Å². The molecule has 0 spiro atoms. The van der Waals surface area contributed by atoms with Crippen LogP contribution in [0.1, 0.15) is 57.8 Å². The molecule has 0 aromatic rings. The van der Waals surface area contributed by atoms with Gasteiger partial charge in [-0.3, -0.25) is 4.79 Å². The quantitative estimate of drug-likeness (QED) is 0.479. The summed E-state index contributed by atoms with van der Waals surface area (Å²) < 4.78 is 0. The van der Waals surface area contributed by atoms with E-state index in [4.69, 9.17) is 11.6 Å². The highest BCUT2D eigenvalue weighted by molar-refractivity contribution is 6.17. The first-order valence-electron chi connectivity index (χ1n) is 7.04. The Morgan fingerprint density at radius 3 is 2.59 bits per heavy atom. The topological polar surface area (TPSA) is 20.3 Å². The van der Waals surface area contributed by atoms with Gasteiger partial charge in [0.25, 0.3) is 0 Å². The molecule has 0 N–H and O–H groups in total. The van der Waals surface area contributed by atoms with E-state index in [1.54, 1.807) is 0 Å². The van der Waals surface area contributed by atoms with Gasteiger partial charge >= 0.3 is 0 Å². The summed E-state index contributed by atoms with van der Waals surface area (Å²) >= 11 is 5.62. The van der Waals surface area contributed by atoms with Crippen LogP contribution in [0.15, 0.2) is 0 Å². The van der Waals surface area contributed by atoms with Crippen molar-refractivity contribution in [1.29, 1.82) is 0 Å². The first-order valence-corrected chi connectivity index (χ1v) is 7.57. The van der Waals surface area contributed by atoms with Gasteiger partial charge in [0.15, 0.2) is 0 Å². The largest absolute Gasteiger partial charge is 0.346 e. The highest BCUT2D eigenvalue weighted by Gasteiger charge is 2.17. The summed E-state index contributed by atoms with van der Waals surface area (Å²) in [7, 11) is 1.93. The minimum Gasteiger partial charge on any atom is -0.346 e. The Balaban J connectivity index is 2.04. The van der Waals surface area contributed by atoms with Crippen LogP contribution in [0.2, 0.25) is 0 Å². The third-order valence-electron chi connectivity index (χ3n) is 3.79. The first-order chi connectivity index (χ1) is 8.24. The molecule has 1 aliphatic rings. The van der Waals surface area contributed by atoms with E-state index < -0.39 is 0 Å². The second-order valence-corrected chi connectivity index (χ2v) is 5.63. The highest BCUT2D eigenvalue weighted by atomic mass is 35.5. The molecule has 0 radical (unpaired) electrons. The Hall–Kier alpha value is -0.240. The molecule has 1 rings (SSSR count). The van der Waals surface area contributed by atoms with Crippen LogP contribution in [0.4, 0.5) is 0 Å². The van der Waals surface area contributed by atoms with E-state index >= 15 is 0 Å². The number of carbonyl (C=O) groups is 1. The van der Waals surface area contributed by atoms with Crippen molar-refractivity contribution >= 4 is 17.5 Å². The smallest absolute Gasteiger partial charge is 0.222 e. The van der Waals surface area contributed by atoms with E-state index in [2.05, 4.69) is 0 Å². The summed E-state index contributed by atoms with van der Waals surface area (Å²) in [4.78, 5) is 13.8. The van der Waals surface area contributed by atoms with Gasteiger partial charge in [0, 0.05) is 25.9 Å². The van der Waals surface area contributed by atoms with Gasteiger partial charge in [-0.2, -0.15) is 0 Å². The Morgan fingerprint density at radius 2 is 1.94 bits per heavy atom. The maximum atomic E-state index is 11.9. The normalized spacial score (nSPS) is 16.4. The lowest BCUT2D eigenvalue weighted by atomic mass is 10.0. The number of amides is 1. The second-order valence-electron chi connectivity index (χ2n) is 5.25. The van der Waals surface area contributed by atoms with E-state index in [9.17, 15) is 4.79 Å². The van der Waals surface area contributed by atoms with Crippen LogP contribution in [-0.2, 0) is 4.79 Å². The van der Waals surface area contributed by atoms with Gasteiger partial charge in [-0.05, 0) is 25.2 Å². The van der Waals surface area contributed by atoms with Crippen molar-refractivity contribution in [2.75, 3.05) is 19.5 Å². The van der Waals surface area contributed by atoms with E-state index in [0.717, 1.165) is 50.4 Å². The monoisotopic (exact) mass is 259 g/mol. The fourth-order valence-corrected chi connectivity index (χ4v) is 2.75. The lowest BCUT2D eigenvalue weighted by Crippen LogP contribution is -2.27. The minimum atomic E-state index is 0.322. The third kappa shape index (κ3) is 6.30. The molecule has 100 valence electrons. The summed E-state index contributed by atoms with van der Waals surface area (Å²) in [6.45, 7) is 0.889. The highest BCUT2D eigenvalue weighted by Crippen LogP contribution is 2.28. The standard InChI is InChI=1S/C14H26ClNO/c1-16(12-6-2-5-11-15)14(17)10-9-13-7-3-4-8-13/h13H,2-12H2,1H3. The predicted octanol–water partition coefficient (Wildman–Crippen LogP) is 3.82. The number of unbranched alkanes of at least 4 members (excludes halogenated alkanes) is 2. The molecule has 2 nitrogen and oxygen atoms in total. The molecule has 0 atom stereocenters. The van der Waals surface area contributed by atoms with Crippen LogP contribution >= 0.6 is 11.6 Å². The predicted molar refractivity (Wildman–Crippen MR) is 73.4 cm³/mol. The molecule has 0 aromatic carbocycles. The number of rotatable bonds is 8. The van der Waals surface area contributed by atoms with Crippen molar-refractivity contribution in [2.45, 2.75) is 57.8 Å². The van der Waals surface area contributed by atoms with E-state index in [1.165, 1.54) is 25.7 Å². The van der Waals surface area contributed by atoms with Crippen LogP contribution in [0.3, 0.4) is 0 Å². The van der Waals surface area contributed by atoms with Crippen LogP contribution in [0, 0.1) is 5.92 Å². The minimum absolute atomic E-state index is 0.322. The maximum Gasteiger partial charge on any atom is 0.222 e. The summed E-state index contributed by atoms with van der Waals surface area (Å²) in [6, 6.07) is 0. The number of carbonyl (C=O) groups excluding carboxylic acids is 1. The van der Waals surface area contributed by atoms with Crippen LogP contribution in [0.25, 0.3) is 0 Å². The van der Waals surface area contributed by atoms with Gasteiger partial charge in [-0.15, -0.1) is 11.6 Å². The molecule has 1 fully saturated rings. The third-order valence-corrected chi connectivity index (χ3v) is 4.06. The van der Waals surface area contributed by atoms with Crippen molar-refractivity contribution in [2.24, 2.45) is 5.92 Å². The number of hydrogen-bond acceptors (Lipinski definition) is 1. The Bertz CT molecular complexity index is 214. The number of alkyl halides is 1. The SMILES string of the molecule is CN(CCCCCCl)C(=O)CCC1CCCC1. The van der Waals surface area contributed by atoms with Gasteiger partial charge in [0.1, 0.15) is 0 Å². The summed E-state index contributed by atoms with van der Waals surface area (Å²) in [5.74, 6) is 1.88. The molecule has 0 aromatic heterocycles. The number of hydrogen-bond donors (Lipinski definition) is 0. The fourth-order valence-electron chi connectivity index (χ4n) is 2.56. The second kappa shape index (κ2) is 8.79. The van der Waals surface area contributed by atoms with Gasteiger partial charge < -0.3 is 4.90 Å². The molecule has 0 heterocycles. The van der Waals surface area contributed by atoms with Crippen molar-refractivity contribution in [3.05, 3.63) is 0 Å². The van der Waals surface area contributed by atoms with Crippen LogP contribution < -0.4 is 0 Å². The lowest BCUT2D eigenvalue weighted by Gasteiger charge is -2.18. The molecule has 1 saturated carbocycles. The number of nitrogens with zero attached hydrogens (tertiary/aromatic N) is 1. The Kier molecular flexibility index (Phi) is 7.67. The molecule has 0 bridgehead atoms. The zero-order chi connectivity index (χ0) is 12.5. The maximum absolute atomic E-state index is 11.9. The average Bonchev–Trinajstić information content (AvgIpc) is 2.84. The molecule has 1 aliphatic carbocycles. The molecular formula is C14H26ClNO. The van der Waals surface area contributed by atoms with Crippen LogP contribution in [-0.4, -0.2) is 30.3 Å². The molecule has 17 heavy (non-hydrogen) atoms. The van der Waals surface area contributed by atoms with Crippen LogP contribution in [0.5, 0.6) is 0 Å². The zero-order valence-corrected chi connectivity index (χ0v) is 11.8.